The van der Waals surface area contributed by atoms with Crippen molar-refractivity contribution in [2.45, 2.75) is 19.3 Å². The maximum atomic E-state index is 13.7. The number of carbonyl (C=O) groups is 1. The fraction of sp³-hybridized carbons (Fsp3) is 0.588. The Kier molecular flexibility index (Phi) is 5.93. The first-order valence-corrected chi connectivity index (χ1v) is 7.99. The second-order valence-electron chi connectivity index (χ2n) is 6.62. The van der Waals surface area contributed by atoms with Gasteiger partial charge in [0.25, 0.3) is 0 Å². The number of hydrogen-bond donors (Lipinski definition) is 1. The Bertz CT molecular complexity index is 551. The number of rotatable bonds is 5. The van der Waals surface area contributed by atoms with Gasteiger partial charge in [-0.15, -0.1) is 0 Å². The Labute approximate surface area is 136 Å². The van der Waals surface area contributed by atoms with Crippen LogP contribution in [0.4, 0.5) is 13.6 Å². The van der Waals surface area contributed by atoms with Crippen LogP contribution in [-0.4, -0.2) is 56.1 Å². The molecule has 2 rings (SSSR count). The summed E-state index contributed by atoms with van der Waals surface area (Å²) in [6, 6.07) is 3.44. The highest BCUT2D eigenvalue weighted by molar-refractivity contribution is 5.74. The van der Waals surface area contributed by atoms with Crippen LogP contribution in [0.1, 0.15) is 24.8 Å². The molecule has 6 heteroatoms. The van der Waals surface area contributed by atoms with E-state index in [1.165, 1.54) is 12.1 Å². The topological polar surface area (TPSA) is 35.6 Å². The highest BCUT2D eigenvalue weighted by atomic mass is 19.1. The van der Waals surface area contributed by atoms with Gasteiger partial charge in [0.1, 0.15) is 11.6 Å². The van der Waals surface area contributed by atoms with Crippen LogP contribution in [0.15, 0.2) is 18.2 Å². The normalized spacial score (nSPS) is 19.2. The van der Waals surface area contributed by atoms with Gasteiger partial charge in [-0.2, -0.15) is 0 Å². The van der Waals surface area contributed by atoms with Crippen molar-refractivity contribution in [3.63, 3.8) is 0 Å². The zero-order valence-electron chi connectivity index (χ0n) is 14.0. The molecule has 1 fully saturated rings. The van der Waals surface area contributed by atoms with Gasteiger partial charge in [-0.1, -0.05) is 13.0 Å². The summed E-state index contributed by atoms with van der Waals surface area (Å²) in [7, 11) is 4.06. The first kappa shape index (κ1) is 17.7. The van der Waals surface area contributed by atoms with E-state index in [0.717, 1.165) is 32.1 Å². The lowest BCUT2D eigenvalue weighted by molar-refractivity contribution is 0.205. The molecule has 0 aliphatic carbocycles. The van der Waals surface area contributed by atoms with Crippen molar-refractivity contribution in [3.05, 3.63) is 35.4 Å². The number of halogens is 2. The summed E-state index contributed by atoms with van der Waals surface area (Å²) in [6.07, 6.45) is 1.01. The standard InChI is InChI=1S/C17H25F2N3O/c1-12(15-5-4-14(18)8-16(15)19)9-20-17(23)22-7-6-13(11-22)10-21(2)3/h4-5,8,12-13H,6-7,9-11H2,1-3H3,(H,20,23). The summed E-state index contributed by atoms with van der Waals surface area (Å²) >= 11 is 0. The molecule has 0 spiro atoms. The molecular formula is C17H25F2N3O. The van der Waals surface area contributed by atoms with Crippen LogP contribution in [0, 0.1) is 17.6 Å². The van der Waals surface area contributed by atoms with Crippen molar-refractivity contribution >= 4 is 6.03 Å². The van der Waals surface area contributed by atoms with E-state index in [1.54, 1.807) is 0 Å². The summed E-state index contributed by atoms with van der Waals surface area (Å²) in [6.45, 7) is 4.62. The maximum Gasteiger partial charge on any atom is 0.317 e. The van der Waals surface area contributed by atoms with E-state index < -0.39 is 11.6 Å². The first-order valence-electron chi connectivity index (χ1n) is 7.99. The molecule has 0 aromatic heterocycles. The number of nitrogens with one attached hydrogen (secondary N) is 1. The summed E-state index contributed by atoms with van der Waals surface area (Å²) in [5.74, 6) is -0.868. The largest absolute Gasteiger partial charge is 0.337 e. The zero-order valence-corrected chi connectivity index (χ0v) is 14.0. The molecular weight excluding hydrogens is 300 g/mol. The minimum atomic E-state index is -0.591. The molecule has 4 nitrogen and oxygen atoms in total. The van der Waals surface area contributed by atoms with Crippen molar-refractivity contribution < 1.29 is 13.6 Å². The van der Waals surface area contributed by atoms with E-state index in [4.69, 9.17) is 0 Å². The van der Waals surface area contributed by atoms with E-state index in [0.29, 0.717) is 18.0 Å². The smallest absolute Gasteiger partial charge is 0.317 e. The molecule has 0 saturated carbocycles. The van der Waals surface area contributed by atoms with Gasteiger partial charge in [0.15, 0.2) is 0 Å². The molecule has 0 bridgehead atoms. The van der Waals surface area contributed by atoms with Crippen molar-refractivity contribution in [1.29, 1.82) is 0 Å². The number of hydrogen-bond acceptors (Lipinski definition) is 2. The molecule has 1 N–H and O–H groups in total. The number of likely N-dealkylation sites (tertiary alicyclic amines) is 1. The SMILES string of the molecule is CC(CNC(=O)N1CCC(CN(C)C)C1)c1ccc(F)cc1F. The molecule has 2 unspecified atom stereocenters. The fourth-order valence-corrected chi connectivity index (χ4v) is 3.05. The first-order chi connectivity index (χ1) is 10.9. The van der Waals surface area contributed by atoms with Crippen LogP contribution in [0.25, 0.3) is 0 Å². The number of benzene rings is 1. The monoisotopic (exact) mass is 325 g/mol. The molecule has 128 valence electrons. The summed E-state index contributed by atoms with van der Waals surface area (Å²) in [4.78, 5) is 16.1. The summed E-state index contributed by atoms with van der Waals surface area (Å²) < 4.78 is 26.7. The predicted molar refractivity (Wildman–Crippen MR) is 86.4 cm³/mol. The molecule has 1 aromatic rings. The molecule has 0 radical (unpaired) electrons. The van der Waals surface area contributed by atoms with Gasteiger partial charge in [0.2, 0.25) is 0 Å². The zero-order chi connectivity index (χ0) is 17.0. The third kappa shape index (κ3) is 4.89. The predicted octanol–water partition coefficient (Wildman–Crippen LogP) is 2.66. The quantitative estimate of drug-likeness (QED) is 0.903. The second kappa shape index (κ2) is 7.73. The van der Waals surface area contributed by atoms with E-state index in [1.807, 2.05) is 25.9 Å². The van der Waals surface area contributed by atoms with Crippen LogP contribution in [0.5, 0.6) is 0 Å². The number of amides is 2. The van der Waals surface area contributed by atoms with E-state index in [9.17, 15) is 13.6 Å². The van der Waals surface area contributed by atoms with Gasteiger partial charge in [-0.3, -0.25) is 0 Å². The average molecular weight is 325 g/mol. The lowest BCUT2D eigenvalue weighted by Gasteiger charge is -2.20. The van der Waals surface area contributed by atoms with Crippen molar-refractivity contribution in [2.24, 2.45) is 5.92 Å². The molecule has 1 aliphatic heterocycles. The Hall–Kier alpha value is -1.69. The molecule has 2 amide bonds. The Morgan fingerprint density at radius 3 is 2.83 bits per heavy atom. The van der Waals surface area contributed by atoms with Gasteiger partial charge in [-0.25, -0.2) is 13.6 Å². The third-order valence-corrected chi connectivity index (χ3v) is 4.25. The molecule has 1 heterocycles. The fourth-order valence-electron chi connectivity index (χ4n) is 3.05. The number of nitrogens with zero attached hydrogens (tertiary/aromatic N) is 2. The third-order valence-electron chi connectivity index (χ3n) is 4.25. The minimum Gasteiger partial charge on any atom is -0.337 e. The van der Waals surface area contributed by atoms with Gasteiger partial charge < -0.3 is 15.1 Å². The van der Waals surface area contributed by atoms with Gasteiger partial charge in [-0.05, 0) is 38.1 Å². The second-order valence-corrected chi connectivity index (χ2v) is 6.62. The summed E-state index contributed by atoms with van der Waals surface area (Å²) in [5, 5.41) is 2.85. The van der Waals surface area contributed by atoms with Crippen LogP contribution in [0.3, 0.4) is 0 Å². The highest BCUT2D eigenvalue weighted by Gasteiger charge is 2.26. The molecule has 1 saturated heterocycles. The molecule has 23 heavy (non-hydrogen) atoms. The molecule has 2 atom stereocenters. The lowest BCUT2D eigenvalue weighted by atomic mass is 10.0. The van der Waals surface area contributed by atoms with Crippen molar-refractivity contribution in [2.75, 3.05) is 40.3 Å². The van der Waals surface area contributed by atoms with Crippen LogP contribution < -0.4 is 5.32 Å². The Morgan fingerprint density at radius 1 is 1.43 bits per heavy atom. The van der Waals surface area contributed by atoms with E-state index in [2.05, 4.69) is 10.2 Å². The maximum absolute atomic E-state index is 13.7. The van der Waals surface area contributed by atoms with Crippen LogP contribution >= 0.6 is 0 Å². The molecule has 1 aliphatic rings. The summed E-state index contributed by atoms with van der Waals surface area (Å²) in [5.41, 5.74) is 0.415. The molecule has 1 aromatic carbocycles. The highest BCUT2D eigenvalue weighted by Crippen LogP contribution is 2.20. The van der Waals surface area contributed by atoms with Gasteiger partial charge in [0, 0.05) is 38.2 Å². The van der Waals surface area contributed by atoms with Gasteiger partial charge in [0.05, 0.1) is 0 Å². The van der Waals surface area contributed by atoms with Crippen molar-refractivity contribution in [3.8, 4) is 0 Å². The van der Waals surface area contributed by atoms with Crippen molar-refractivity contribution in [1.82, 2.24) is 15.1 Å². The number of urea groups is 1. The Balaban J connectivity index is 1.82. The lowest BCUT2D eigenvalue weighted by Crippen LogP contribution is -2.40. The van der Waals surface area contributed by atoms with E-state index >= 15 is 0 Å². The average Bonchev–Trinajstić information content (AvgIpc) is 2.92. The van der Waals surface area contributed by atoms with Crippen LogP contribution in [-0.2, 0) is 0 Å². The Morgan fingerprint density at radius 2 is 2.17 bits per heavy atom. The van der Waals surface area contributed by atoms with Gasteiger partial charge >= 0.3 is 6.03 Å². The minimum absolute atomic E-state index is 0.111. The number of carbonyl (C=O) groups excluding carboxylic acids is 1. The van der Waals surface area contributed by atoms with Crippen LogP contribution in [0.2, 0.25) is 0 Å². The van der Waals surface area contributed by atoms with E-state index in [-0.39, 0.29) is 11.9 Å².